The molecular formula is C65H62BN3S. The highest BCUT2D eigenvalue weighted by Crippen LogP contribution is 2.61. The Morgan fingerprint density at radius 3 is 1.93 bits per heavy atom. The van der Waals surface area contributed by atoms with E-state index in [9.17, 15) is 0 Å². The first-order valence-electron chi connectivity index (χ1n) is 25.7. The predicted molar refractivity (Wildman–Crippen MR) is 304 cm³/mol. The molecule has 9 aromatic rings. The molecule has 0 saturated heterocycles. The summed E-state index contributed by atoms with van der Waals surface area (Å²) in [5.74, 6) is 0. The quantitative estimate of drug-likeness (QED) is 0.163. The highest BCUT2D eigenvalue weighted by molar-refractivity contribution is 7.26. The van der Waals surface area contributed by atoms with Crippen molar-refractivity contribution < 1.29 is 0 Å². The molecule has 2 unspecified atom stereocenters. The molecule has 13 rings (SSSR count). The molecule has 4 heterocycles. The summed E-state index contributed by atoms with van der Waals surface area (Å²) in [6, 6.07) is 63.6. The van der Waals surface area contributed by atoms with Crippen LogP contribution in [-0.4, -0.2) is 12.3 Å². The van der Waals surface area contributed by atoms with Gasteiger partial charge in [-0.2, -0.15) is 0 Å². The van der Waals surface area contributed by atoms with E-state index in [4.69, 9.17) is 0 Å². The Kier molecular flexibility index (Phi) is 9.45. The van der Waals surface area contributed by atoms with Crippen LogP contribution in [0.3, 0.4) is 0 Å². The summed E-state index contributed by atoms with van der Waals surface area (Å²) in [7, 11) is 0. The Labute approximate surface area is 419 Å². The molecule has 0 amide bonds. The average Bonchev–Trinajstić information content (AvgIpc) is 3.83. The molecule has 8 aromatic carbocycles. The van der Waals surface area contributed by atoms with Gasteiger partial charge in [0.2, 0.25) is 0 Å². The number of anilines is 8. The van der Waals surface area contributed by atoms with E-state index in [0.29, 0.717) is 0 Å². The molecule has 2 atom stereocenters. The van der Waals surface area contributed by atoms with Crippen molar-refractivity contribution in [3.8, 4) is 11.1 Å². The van der Waals surface area contributed by atoms with Gasteiger partial charge in [0.1, 0.15) is 0 Å². The number of aryl methyl sites for hydroxylation is 1. The Morgan fingerprint density at radius 2 is 1.16 bits per heavy atom. The number of nitrogens with zero attached hydrogens (tertiary/aromatic N) is 3. The smallest absolute Gasteiger partial charge is 0.252 e. The lowest BCUT2D eigenvalue weighted by molar-refractivity contribution is 0.195. The number of benzene rings is 8. The average molecular weight is 928 g/mol. The van der Waals surface area contributed by atoms with Crippen molar-refractivity contribution in [2.75, 3.05) is 14.7 Å². The molecule has 1 aliphatic carbocycles. The van der Waals surface area contributed by atoms with Gasteiger partial charge < -0.3 is 14.7 Å². The summed E-state index contributed by atoms with van der Waals surface area (Å²) in [5, 5.41) is 2.63. The standard InChI is InChI=1S/C65H62BN3S/c1-41-36-56-61-57(37-41)68(54-25-19-27-59-60(54)46-22-13-16-26-58(46)70-59)55-40-45(69-52-24-15-14-23-48(52)64(8)34-17-18-35-65(64,69)9)30-31-49(55)66(61)50-39-44(63(5,6)7)29-33-53(50)67(56)51-32-28-43(62(2,3)4)38-47(51)42-20-11-10-12-21-42/h10-16,19-33,36-40H,17-18,34-35H2,1-9H3. The molecule has 1 saturated carbocycles. The normalized spacial score (nSPS) is 19.3. The van der Waals surface area contributed by atoms with Gasteiger partial charge in [-0.25, -0.2) is 0 Å². The van der Waals surface area contributed by atoms with Crippen molar-refractivity contribution in [3.05, 3.63) is 186 Å². The van der Waals surface area contributed by atoms with E-state index in [1.165, 1.54) is 135 Å². The van der Waals surface area contributed by atoms with E-state index in [1.807, 2.05) is 11.3 Å². The number of fused-ring (bicyclic) bond motifs is 10. The molecule has 0 N–H and O–H groups in total. The second-order valence-corrected chi connectivity index (χ2v) is 24.4. The molecule has 346 valence electrons. The fourth-order valence-corrected chi connectivity index (χ4v) is 14.5. The molecule has 0 bridgehead atoms. The minimum atomic E-state index is -0.0630. The van der Waals surface area contributed by atoms with Gasteiger partial charge in [-0.15, -0.1) is 11.3 Å². The van der Waals surface area contributed by atoms with Crippen LogP contribution in [0.15, 0.2) is 164 Å². The van der Waals surface area contributed by atoms with Gasteiger partial charge in [0.25, 0.3) is 6.71 Å². The Hall–Kier alpha value is -6.56. The molecular weight excluding hydrogens is 866 g/mol. The SMILES string of the molecule is Cc1cc2c3c(c1)N(c1cccc4sc5ccccc5c14)c1cc(N4c5ccccc5C5(C)CCCCC45C)ccc1B3c1cc(C(C)(C)C)ccc1N2c1ccc(C(C)(C)C)cc1-c1ccccc1. The minimum Gasteiger partial charge on any atom is -0.334 e. The highest BCUT2D eigenvalue weighted by atomic mass is 32.1. The van der Waals surface area contributed by atoms with E-state index in [-0.39, 0.29) is 28.5 Å². The van der Waals surface area contributed by atoms with Crippen LogP contribution >= 0.6 is 11.3 Å². The first kappa shape index (κ1) is 43.5. The van der Waals surface area contributed by atoms with Gasteiger partial charge in [-0.3, -0.25) is 0 Å². The number of thiophene rings is 1. The lowest BCUT2D eigenvalue weighted by atomic mass is 9.33. The van der Waals surface area contributed by atoms with Crippen LogP contribution < -0.4 is 31.1 Å². The van der Waals surface area contributed by atoms with Gasteiger partial charge in [-0.05, 0) is 148 Å². The summed E-state index contributed by atoms with van der Waals surface area (Å²) in [5.41, 5.74) is 22.0. The van der Waals surface area contributed by atoms with E-state index in [1.54, 1.807) is 0 Å². The van der Waals surface area contributed by atoms with Crippen molar-refractivity contribution in [1.82, 2.24) is 0 Å². The number of hydrogen-bond donors (Lipinski definition) is 0. The minimum absolute atomic E-state index is 0.00621. The van der Waals surface area contributed by atoms with Crippen LogP contribution in [0.25, 0.3) is 31.3 Å². The second-order valence-electron chi connectivity index (χ2n) is 23.3. The summed E-state index contributed by atoms with van der Waals surface area (Å²) >= 11 is 1.90. The van der Waals surface area contributed by atoms with Gasteiger partial charge in [0.05, 0.1) is 16.9 Å². The molecule has 70 heavy (non-hydrogen) atoms. The first-order chi connectivity index (χ1) is 33.6. The number of hydrogen-bond acceptors (Lipinski definition) is 4. The number of rotatable bonds is 4. The summed E-state index contributed by atoms with van der Waals surface area (Å²) < 4.78 is 2.63. The molecule has 3 aliphatic heterocycles. The van der Waals surface area contributed by atoms with E-state index < -0.39 is 0 Å². The number of para-hydroxylation sites is 1. The van der Waals surface area contributed by atoms with Crippen LogP contribution in [-0.2, 0) is 16.2 Å². The summed E-state index contributed by atoms with van der Waals surface area (Å²) in [6.45, 7) is 21.5. The molecule has 4 aliphatic rings. The summed E-state index contributed by atoms with van der Waals surface area (Å²) in [6.07, 6.45) is 4.87. The molecule has 1 fully saturated rings. The zero-order valence-electron chi connectivity index (χ0n) is 42.2. The van der Waals surface area contributed by atoms with Crippen LogP contribution in [0.5, 0.6) is 0 Å². The largest absolute Gasteiger partial charge is 0.334 e. The van der Waals surface area contributed by atoms with E-state index >= 15 is 0 Å². The van der Waals surface area contributed by atoms with Crippen LogP contribution in [0.4, 0.5) is 45.5 Å². The third-order valence-electron chi connectivity index (χ3n) is 17.1. The second kappa shape index (κ2) is 15.2. The van der Waals surface area contributed by atoms with Gasteiger partial charge in [-0.1, -0.05) is 158 Å². The van der Waals surface area contributed by atoms with Crippen LogP contribution in [0, 0.1) is 6.92 Å². The summed E-state index contributed by atoms with van der Waals surface area (Å²) in [4.78, 5) is 8.08. The first-order valence-corrected chi connectivity index (χ1v) is 26.5. The maximum Gasteiger partial charge on any atom is 0.252 e. The maximum atomic E-state index is 2.76. The van der Waals surface area contributed by atoms with Crippen molar-refractivity contribution in [2.45, 2.75) is 110 Å². The molecule has 0 spiro atoms. The Balaban J connectivity index is 1.13. The van der Waals surface area contributed by atoms with Crippen molar-refractivity contribution in [3.63, 3.8) is 0 Å². The van der Waals surface area contributed by atoms with Crippen molar-refractivity contribution in [2.24, 2.45) is 0 Å². The topological polar surface area (TPSA) is 9.72 Å². The molecule has 1 aromatic heterocycles. The van der Waals surface area contributed by atoms with Crippen LogP contribution in [0.1, 0.15) is 103 Å². The third kappa shape index (κ3) is 6.19. The Morgan fingerprint density at radius 1 is 0.514 bits per heavy atom. The molecule has 5 heteroatoms. The fraction of sp³-hybridized carbons (Fsp3) is 0.262. The van der Waals surface area contributed by atoms with Crippen molar-refractivity contribution in [1.29, 1.82) is 0 Å². The highest BCUT2D eigenvalue weighted by Gasteiger charge is 2.58. The van der Waals surface area contributed by atoms with Gasteiger partial charge >= 0.3 is 0 Å². The third-order valence-corrected chi connectivity index (χ3v) is 18.3. The lowest BCUT2D eigenvalue weighted by Crippen LogP contribution is -2.61. The zero-order chi connectivity index (χ0) is 48.1. The Bertz CT molecular complexity index is 3610. The van der Waals surface area contributed by atoms with Gasteiger partial charge in [0, 0.05) is 65.3 Å². The van der Waals surface area contributed by atoms with E-state index in [0.717, 1.165) is 6.42 Å². The lowest BCUT2D eigenvalue weighted by Gasteiger charge is -2.50. The monoisotopic (exact) mass is 927 g/mol. The zero-order valence-corrected chi connectivity index (χ0v) is 43.1. The van der Waals surface area contributed by atoms with E-state index in [2.05, 4.69) is 241 Å². The van der Waals surface area contributed by atoms with Crippen LogP contribution in [0.2, 0.25) is 0 Å². The maximum absolute atomic E-state index is 2.76. The predicted octanol–water partition coefficient (Wildman–Crippen LogP) is 16.4. The fourth-order valence-electron chi connectivity index (χ4n) is 13.3. The van der Waals surface area contributed by atoms with Crippen molar-refractivity contribution >= 4 is 100 Å². The molecule has 0 radical (unpaired) electrons. The molecule has 3 nitrogen and oxygen atoms in total. The van der Waals surface area contributed by atoms with Gasteiger partial charge in [0.15, 0.2) is 0 Å².